The Balaban J connectivity index is 1.72. The Morgan fingerprint density at radius 3 is 2.95 bits per heavy atom. The quantitative estimate of drug-likeness (QED) is 0.805. The SMILES string of the molecule is COc1cccc(CC(=O)Nc2ccc3c(c2)ncn3C)c1. The largest absolute Gasteiger partial charge is 0.497 e. The fraction of sp³-hybridized carbons (Fsp3) is 0.176. The summed E-state index contributed by atoms with van der Waals surface area (Å²) in [5, 5.41) is 2.90. The number of hydrogen-bond acceptors (Lipinski definition) is 3. The predicted octanol–water partition coefficient (Wildman–Crippen LogP) is 2.76. The molecule has 5 nitrogen and oxygen atoms in total. The second-order valence-corrected chi connectivity index (χ2v) is 5.14. The van der Waals surface area contributed by atoms with E-state index >= 15 is 0 Å². The van der Waals surface area contributed by atoms with Crippen molar-refractivity contribution in [2.75, 3.05) is 12.4 Å². The van der Waals surface area contributed by atoms with Crippen molar-refractivity contribution in [3.63, 3.8) is 0 Å². The zero-order valence-corrected chi connectivity index (χ0v) is 12.5. The Morgan fingerprint density at radius 2 is 2.14 bits per heavy atom. The maximum atomic E-state index is 12.1. The maximum absolute atomic E-state index is 12.1. The summed E-state index contributed by atoms with van der Waals surface area (Å²) in [4.78, 5) is 16.4. The molecular formula is C17H17N3O2. The summed E-state index contributed by atoms with van der Waals surface area (Å²) in [6.45, 7) is 0. The monoisotopic (exact) mass is 295 g/mol. The molecule has 0 saturated carbocycles. The number of benzene rings is 2. The molecule has 22 heavy (non-hydrogen) atoms. The van der Waals surface area contributed by atoms with Gasteiger partial charge in [-0.25, -0.2) is 4.98 Å². The third-order valence-electron chi connectivity index (χ3n) is 3.51. The first-order valence-electron chi connectivity index (χ1n) is 6.99. The second kappa shape index (κ2) is 5.89. The minimum atomic E-state index is -0.0662. The predicted molar refractivity (Wildman–Crippen MR) is 86.0 cm³/mol. The first kappa shape index (κ1) is 14.1. The minimum absolute atomic E-state index is 0.0662. The Bertz CT molecular complexity index is 824. The van der Waals surface area contributed by atoms with Gasteiger partial charge in [0.2, 0.25) is 5.91 Å². The van der Waals surface area contributed by atoms with E-state index in [1.165, 1.54) is 0 Å². The van der Waals surface area contributed by atoms with Crippen molar-refractivity contribution in [2.24, 2.45) is 7.05 Å². The Labute approximate surface area is 128 Å². The highest BCUT2D eigenvalue weighted by molar-refractivity contribution is 5.94. The van der Waals surface area contributed by atoms with Gasteiger partial charge in [0, 0.05) is 12.7 Å². The molecule has 0 radical (unpaired) electrons. The first-order chi connectivity index (χ1) is 10.7. The summed E-state index contributed by atoms with van der Waals surface area (Å²) in [5.41, 5.74) is 3.56. The summed E-state index contributed by atoms with van der Waals surface area (Å²) in [6.07, 6.45) is 2.06. The summed E-state index contributed by atoms with van der Waals surface area (Å²) < 4.78 is 7.10. The van der Waals surface area contributed by atoms with E-state index in [9.17, 15) is 4.79 Å². The molecule has 5 heteroatoms. The van der Waals surface area contributed by atoms with Crippen molar-refractivity contribution in [2.45, 2.75) is 6.42 Å². The molecule has 1 N–H and O–H groups in total. The van der Waals surface area contributed by atoms with Gasteiger partial charge in [0.15, 0.2) is 0 Å². The van der Waals surface area contributed by atoms with Gasteiger partial charge in [-0.3, -0.25) is 4.79 Å². The molecule has 1 aromatic heterocycles. The van der Waals surface area contributed by atoms with E-state index in [1.807, 2.05) is 54.1 Å². The third kappa shape index (κ3) is 2.93. The number of carbonyl (C=O) groups excluding carboxylic acids is 1. The number of imidazole rings is 1. The first-order valence-corrected chi connectivity index (χ1v) is 6.99. The van der Waals surface area contributed by atoms with Gasteiger partial charge in [0.25, 0.3) is 0 Å². The lowest BCUT2D eigenvalue weighted by atomic mass is 10.1. The number of methoxy groups -OCH3 is 1. The number of aryl methyl sites for hydroxylation is 1. The van der Waals surface area contributed by atoms with Crippen molar-refractivity contribution in [3.05, 3.63) is 54.4 Å². The minimum Gasteiger partial charge on any atom is -0.497 e. The molecule has 0 fully saturated rings. The summed E-state index contributed by atoms with van der Waals surface area (Å²) in [6, 6.07) is 13.2. The van der Waals surface area contributed by atoms with E-state index in [2.05, 4.69) is 10.3 Å². The van der Waals surface area contributed by atoms with Crippen LogP contribution in [0.3, 0.4) is 0 Å². The summed E-state index contributed by atoms with van der Waals surface area (Å²) in [7, 11) is 3.55. The van der Waals surface area contributed by atoms with Crippen molar-refractivity contribution in [1.82, 2.24) is 9.55 Å². The number of amides is 1. The van der Waals surface area contributed by atoms with Crippen LogP contribution in [0.25, 0.3) is 11.0 Å². The van der Waals surface area contributed by atoms with Gasteiger partial charge >= 0.3 is 0 Å². The van der Waals surface area contributed by atoms with Crippen LogP contribution in [0.15, 0.2) is 48.8 Å². The van der Waals surface area contributed by atoms with Crippen LogP contribution < -0.4 is 10.1 Å². The molecule has 0 spiro atoms. The standard InChI is InChI=1S/C17H17N3O2/c1-20-11-18-15-10-13(6-7-16(15)20)19-17(21)9-12-4-3-5-14(8-12)22-2/h3-8,10-11H,9H2,1-2H3,(H,19,21). The summed E-state index contributed by atoms with van der Waals surface area (Å²) >= 11 is 0. The summed E-state index contributed by atoms with van der Waals surface area (Å²) in [5.74, 6) is 0.684. The molecule has 0 atom stereocenters. The van der Waals surface area contributed by atoms with Crippen molar-refractivity contribution < 1.29 is 9.53 Å². The molecule has 0 unspecified atom stereocenters. The Kier molecular flexibility index (Phi) is 3.78. The van der Waals surface area contributed by atoms with E-state index in [1.54, 1.807) is 13.4 Å². The maximum Gasteiger partial charge on any atom is 0.228 e. The van der Waals surface area contributed by atoms with Crippen molar-refractivity contribution >= 4 is 22.6 Å². The number of hydrogen-bond donors (Lipinski definition) is 1. The lowest BCUT2D eigenvalue weighted by molar-refractivity contribution is -0.115. The average Bonchev–Trinajstić information content (AvgIpc) is 2.88. The Hall–Kier alpha value is -2.82. The van der Waals surface area contributed by atoms with Gasteiger partial charge in [-0.2, -0.15) is 0 Å². The number of anilines is 1. The van der Waals surface area contributed by atoms with Crippen LogP contribution in [-0.4, -0.2) is 22.6 Å². The molecule has 0 aliphatic rings. The highest BCUT2D eigenvalue weighted by atomic mass is 16.5. The molecular weight excluding hydrogens is 278 g/mol. The molecule has 112 valence electrons. The zero-order chi connectivity index (χ0) is 15.5. The number of fused-ring (bicyclic) bond motifs is 1. The van der Waals surface area contributed by atoms with Gasteiger partial charge in [-0.15, -0.1) is 0 Å². The molecule has 1 amide bonds. The third-order valence-corrected chi connectivity index (χ3v) is 3.51. The second-order valence-electron chi connectivity index (χ2n) is 5.14. The molecule has 0 saturated heterocycles. The van der Waals surface area contributed by atoms with Crippen LogP contribution in [0.4, 0.5) is 5.69 Å². The van der Waals surface area contributed by atoms with E-state index in [0.29, 0.717) is 6.42 Å². The van der Waals surface area contributed by atoms with Crippen molar-refractivity contribution in [1.29, 1.82) is 0 Å². The Morgan fingerprint density at radius 1 is 1.27 bits per heavy atom. The van der Waals surface area contributed by atoms with Gasteiger partial charge in [-0.05, 0) is 35.9 Å². The van der Waals surface area contributed by atoms with Crippen LogP contribution in [0.2, 0.25) is 0 Å². The zero-order valence-electron chi connectivity index (χ0n) is 12.5. The van der Waals surface area contributed by atoms with Crippen molar-refractivity contribution in [3.8, 4) is 5.75 Å². The fourth-order valence-corrected chi connectivity index (χ4v) is 2.39. The topological polar surface area (TPSA) is 56.1 Å². The number of carbonyl (C=O) groups is 1. The normalized spacial score (nSPS) is 10.6. The van der Waals surface area contributed by atoms with Crippen LogP contribution >= 0.6 is 0 Å². The van der Waals surface area contributed by atoms with Gasteiger partial charge in [-0.1, -0.05) is 12.1 Å². The molecule has 3 aromatic rings. The lowest BCUT2D eigenvalue weighted by Crippen LogP contribution is -2.14. The smallest absolute Gasteiger partial charge is 0.228 e. The number of nitrogens with one attached hydrogen (secondary N) is 1. The number of nitrogens with zero attached hydrogens (tertiary/aromatic N) is 2. The fourth-order valence-electron chi connectivity index (χ4n) is 2.39. The highest BCUT2D eigenvalue weighted by Crippen LogP contribution is 2.18. The molecule has 1 heterocycles. The molecule has 0 bridgehead atoms. The molecule has 0 aliphatic heterocycles. The van der Waals surface area contributed by atoms with Crippen LogP contribution in [0.5, 0.6) is 5.75 Å². The van der Waals surface area contributed by atoms with E-state index in [-0.39, 0.29) is 5.91 Å². The van der Waals surface area contributed by atoms with E-state index in [0.717, 1.165) is 28.0 Å². The van der Waals surface area contributed by atoms with Crippen LogP contribution in [-0.2, 0) is 18.3 Å². The molecule has 2 aromatic carbocycles. The van der Waals surface area contributed by atoms with E-state index in [4.69, 9.17) is 4.74 Å². The number of ether oxygens (including phenoxy) is 1. The lowest BCUT2D eigenvalue weighted by Gasteiger charge is -2.07. The molecule has 3 rings (SSSR count). The molecule has 0 aliphatic carbocycles. The highest BCUT2D eigenvalue weighted by Gasteiger charge is 2.07. The number of rotatable bonds is 4. The van der Waals surface area contributed by atoms with Gasteiger partial charge < -0.3 is 14.6 Å². The van der Waals surface area contributed by atoms with E-state index < -0.39 is 0 Å². The van der Waals surface area contributed by atoms with Crippen LogP contribution in [0, 0.1) is 0 Å². The average molecular weight is 295 g/mol. The van der Waals surface area contributed by atoms with Gasteiger partial charge in [0.1, 0.15) is 5.75 Å². The number of aromatic nitrogens is 2. The van der Waals surface area contributed by atoms with Gasteiger partial charge in [0.05, 0.1) is 30.9 Å². The van der Waals surface area contributed by atoms with Crippen LogP contribution in [0.1, 0.15) is 5.56 Å².